The molecule has 0 aliphatic heterocycles. The fraction of sp³-hybridized carbons (Fsp3) is 0. The van der Waals surface area contributed by atoms with Crippen molar-refractivity contribution in [3.63, 3.8) is 0 Å². The summed E-state index contributed by atoms with van der Waals surface area (Å²) in [4.78, 5) is 9.44. The quantitative estimate of drug-likeness (QED) is 0.313. The molecule has 0 fully saturated rings. The van der Waals surface area contributed by atoms with Crippen molar-refractivity contribution in [1.29, 1.82) is 0 Å². The summed E-state index contributed by atoms with van der Waals surface area (Å²) >= 11 is -5.34. The molecule has 0 unspecified atom stereocenters. The molecule has 6 nitrogen and oxygen atoms in total. The van der Waals surface area contributed by atoms with Gasteiger partial charge in [0.15, 0.2) is 0 Å². The second kappa shape index (κ2) is 5.43. The van der Waals surface area contributed by atoms with Crippen molar-refractivity contribution in [3.05, 3.63) is 34.4 Å². The SMILES string of the molecule is O=[N+]([O-])c1cccc([Se](=O)(=O)[O-])c1.[K+]. The van der Waals surface area contributed by atoms with Crippen LogP contribution in [0.3, 0.4) is 0 Å². The van der Waals surface area contributed by atoms with Crippen molar-refractivity contribution in [2.45, 2.75) is 0 Å². The molecule has 0 saturated carbocycles. The van der Waals surface area contributed by atoms with Gasteiger partial charge in [0.1, 0.15) is 0 Å². The Hall–Kier alpha value is 0.336. The molecule has 0 atom stereocenters. The summed E-state index contributed by atoms with van der Waals surface area (Å²) < 4.78 is 31.0. The van der Waals surface area contributed by atoms with Gasteiger partial charge in [0.2, 0.25) is 0 Å². The molecule has 0 aromatic heterocycles. The maximum Gasteiger partial charge on any atom is 1.00 e. The van der Waals surface area contributed by atoms with Crippen LogP contribution in [0.4, 0.5) is 5.69 Å². The predicted molar refractivity (Wildman–Crippen MR) is 39.9 cm³/mol. The fourth-order valence-corrected chi connectivity index (χ4v) is 1.82. The van der Waals surface area contributed by atoms with Gasteiger partial charge in [-0.3, -0.25) is 0 Å². The minimum absolute atomic E-state index is 0. The van der Waals surface area contributed by atoms with Crippen molar-refractivity contribution in [1.82, 2.24) is 0 Å². The monoisotopic (exact) mass is 289 g/mol. The maximum absolute atomic E-state index is 10.5. The second-order valence-electron chi connectivity index (χ2n) is 2.21. The molecule has 14 heavy (non-hydrogen) atoms. The van der Waals surface area contributed by atoms with Gasteiger partial charge in [-0.15, -0.1) is 0 Å². The van der Waals surface area contributed by atoms with E-state index in [0.717, 1.165) is 24.3 Å². The first-order valence-electron chi connectivity index (χ1n) is 3.11. The molecule has 0 amide bonds. The van der Waals surface area contributed by atoms with E-state index in [1.54, 1.807) is 0 Å². The first kappa shape index (κ1) is 14.3. The number of non-ortho nitro benzene ring substituents is 1. The normalized spacial score (nSPS) is 10.4. The topological polar surface area (TPSA) is 100 Å². The van der Waals surface area contributed by atoms with Gasteiger partial charge >= 0.3 is 126 Å². The van der Waals surface area contributed by atoms with Gasteiger partial charge in [-0.2, -0.15) is 0 Å². The van der Waals surface area contributed by atoms with E-state index in [-0.39, 0.29) is 51.4 Å². The van der Waals surface area contributed by atoms with Crippen LogP contribution >= 0.6 is 0 Å². The predicted octanol–water partition coefficient (Wildman–Crippen LogP) is -4.03. The number of rotatable bonds is 2. The zero-order chi connectivity index (χ0) is 10.1. The number of hydrogen-bond donors (Lipinski definition) is 0. The Morgan fingerprint density at radius 2 is 1.86 bits per heavy atom. The third-order valence-corrected chi connectivity index (χ3v) is 3.06. The van der Waals surface area contributed by atoms with Crippen LogP contribution in [-0.4, -0.2) is 18.0 Å². The van der Waals surface area contributed by atoms with E-state index in [4.69, 9.17) is 0 Å². The molecular formula is C6H4KNO5Se. The van der Waals surface area contributed by atoms with Gasteiger partial charge in [-0.25, -0.2) is 0 Å². The maximum atomic E-state index is 10.5. The summed E-state index contributed by atoms with van der Waals surface area (Å²) in [6.45, 7) is 0. The zero-order valence-electron chi connectivity index (χ0n) is 7.21. The van der Waals surface area contributed by atoms with Crippen LogP contribution in [0.1, 0.15) is 0 Å². The molecule has 8 heteroatoms. The third-order valence-electron chi connectivity index (χ3n) is 1.32. The average Bonchev–Trinajstić information content (AvgIpc) is 2.03. The number of nitrogens with zero attached hydrogens (tertiary/aromatic N) is 1. The Balaban J connectivity index is 0.00000169. The van der Waals surface area contributed by atoms with E-state index in [2.05, 4.69) is 0 Å². The molecule has 0 spiro atoms. The van der Waals surface area contributed by atoms with Gasteiger partial charge in [0.25, 0.3) is 0 Å². The van der Waals surface area contributed by atoms with Gasteiger partial charge in [0, 0.05) is 0 Å². The van der Waals surface area contributed by atoms with E-state index in [9.17, 15) is 22.0 Å². The first-order chi connectivity index (χ1) is 5.91. The van der Waals surface area contributed by atoms with Crippen molar-refractivity contribution in [2.75, 3.05) is 0 Å². The van der Waals surface area contributed by atoms with E-state index in [0.29, 0.717) is 0 Å². The molecule has 0 aliphatic carbocycles. The number of nitro groups is 1. The van der Waals surface area contributed by atoms with Crippen LogP contribution in [0.5, 0.6) is 0 Å². The Labute approximate surface area is 124 Å². The number of benzene rings is 1. The molecule has 0 aliphatic rings. The van der Waals surface area contributed by atoms with Crippen LogP contribution in [0, 0.1) is 10.1 Å². The van der Waals surface area contributed by atoms with E-state index in [1.807, 2.05) is 0 Å². The summed E-state index contributed by atoms with van der Waals surface area (Å²) in [5.41, 5.74) is -0.401. The molecule has 0 saturated heterocycles. The van der Waals surface area contributed by atoms with Crippen molar-refractivity contribution in [3.8, 4) is 0 Å². The summed E-state index contributed by atoms with van der Waals surface area (Å²) in [6, 6.07) is 4.08. The van der Waals surface area contributed by atoms with Crippen molar-refractivity contribution < 1.29 is 68.2 Å². The Morgan fingerprint density at radius 3 is 2.29 bits per heavy atom. The van der Waals surface area contributed by atoms with E-state index in [1.165, 1.54) is 0 Å². The standard InChI is InChI=1S/C6H5NO5Se.K/c8-7(9)5-2-1-3-6(4-5)13(10,11)12;/h1-4H,(H,10,11,12);/q;+1/p-1. The first-order valence-corrected chi connectivity index (χ1v) is 6.07. The molecule has 70 valence electrons. The number of nitro benzene ring substituents is 1. The largest absolute Gasteiger partial charge is 1.00 e. The molecule has 1 aromatic rings. The van der Waals surface area contributed by atoms with Crippen LogP contribution in [0.2, 0.25) is 0 Å². The van der Waals surface area contributed by atoms with Crippen LogP contribution in [0.15, 0.2) is 24.3 Å². The average molecular weight is 288 g/mol. The summed E-state index contributed by atoms with van der Waals surface area (Å²) in [6.07, 6.45) is 0. The molecule has 0 radical (unpaired) electrons. The molecular weight excluding hydrogens is 284 g/mol. The summed E-state index contributed by atoms with van der Waals surface area (Å²) in [7, 11) is 0. The summed E-state index contributed by atoms with van der Waals surface area (Å²) in [5, 5.41) is 10.2. The minimum Gasteiger partial charge on any atom is 1.00 e. The van der Waals surface area contributed by atoms with Gasteiger partial charge < -0.3 is 0 Å². The summed E-state index contributed by atoms with van der Waals surface area (Å²) in [5.74, 6) is 0. The van der Waals surface area contributed by atoms with Crippen LogP contribution in [0.25, 0.3) is 0 Å². The Kier molecular flexibility index (Phi) is 5.56. The molecule has 0 N–H and O–H groups in total. The number of hydrogen-bond acceptors (Lipinski definition) is 5. The Bertz CT molecular complexity index is 443. The van der Waals surface area contributed by atoms with Crippen LogP contribution in [-0.2, 0) is 7.67 Å². The Morgan fingerprint density at radius 1 is 1.29 bits per heavy atom. The van der Waals surface area contributed by atoms with Crippen molar-refractivity contribution in [2.24, 2.45) is 0 Å². The second-order valence-corrected chi connectivity index (χ2v) is 5.10. The molecule has 1 aromatic carbocycles. The fourth-order valence-electron chi connectivity index (χ4n) is 0.753. The van der Waals surface area contributed by atoms with Crippen molar-refractivity contribution >= 4 is 23.2 Å². The van der Waals surface area contributed by atoms with Crippen LogP contribution < -0.4 is 60.0 Å². The molecule has 0 bridgehead atoms. The van der Waals surface area contributed by atoms with Gasteiger partial charge in [0.05, 0.1) is 0 Å². The van der Waals surface area contributed by atoms with Gasteiger partial charge in [-0.1, -0.05) is 0 Å². The van der Waals surface area contributed by atoms with Gasteiger partial charge in [-0.05, 0) is 0 Å². The molecule has 1 rings (SSSR count). The zero-order valence-corrected chi connectivity index (χ0v) is 12.0. The third kappa shape index (κ3) is 3.83. The molecule has 0 heterocycles. The van der Waals surface area contributed by atoms with E-state index < -0.39 is 28.1 Å². The smallest absolute Gasteiger partial charge is 1.00 e. The van der Waals surface area contributed by atoms with E-state index >= 15 is 0 Å². The minimum atomic E-state index is -5.34.